The highest BCUT2D eigenvalue weighted by atomic mass is 19.1. The van der Waals surface area contributed by atoms with E-state index in [0.717, 1.165) is 37.4 Å². The van der Waals surface area contributed by atoms with E-state index in [2.05, 4.69) is 48.2 Å². The van der Waals surface area contributed by atoms with Crippen LogP contribution in [0.25, 0.3) is 10.8 Å². The van der Waals surface area contributed by atoms with E-state index in [1.54, 1.807) is 12.1 Å². The zero-order chi connectivity index (χ0) is 20.8. The maximum atomic E-state index is 14.6. The van der Waals surface area contributed by atoms with Crippen LogP contribution in [0.5, 0.6) is 5.75 Å². The van der Waals surface area contributed by atoms with E-state index >= 15 is 0 Å². The maximum absolute atomic E-state index is 14.6. The summed E-state index contributed by atoms with van der Waals surface area (Å²) in [5, 5.41) is 2.40. The predicted octanol–water partition coefficient (Wildman–Crippen LogP) is 6.65. The van der Waals surface area contributed by atoms with E-state index in [0.29, 0.717) is 6.61 Å². The van der Waals surface area contributed by atoms with Gasteiger partial charge in [0.25, 0.3) is 0 Å². The van der Waals surface area contributed by atoms with E-state index in [9.17, 15) is 4.39 Å². The lowest BCUT2D eigenvalue weighted by Crippen LogP contribution is -2.42. The monoisotopic (exact) mass is 405 g/mol. The van der Waals surface area contributed by atoms with Crippen molar-refractivity contribution in [2.45, 2.75) is 38.5 Å². The molecule has 158 valence electrons. The summed E-state index contributed by atoms with van der Waals surface area (Å²) in [6.45, 7) is 5.99. The first kappa shape index (κ1) is 20.9. The number of halogens is 1. The molecule has 3 aromatic carbocycles. The second-order valence-corrected chi connectivity index (χ2v) is 8.50. The average molecular weight is 406 g/mol. The number of hydrogen-bond donors (Lipinski definition) is 0. The minimum atomic E-state index is -0.0855. The van der Waals surface area contributed by atoms with Gasteiger partial charge in [0.2, 0.25) is 0 Å². The van der Waals surface area contributed by atoms with Gasteiger partial charge < -0.3 is 9.64 Å². The number of benzene rings is 3. The third kappa shape index (κ3) is 5.02. The molecule has 0 radical (unpaired) electrons. The van der Waals surface area contributed by atoms with Gasteiger partial charge >= 0.3 is 0 Å². The Morgan fingerprint density at radius 3 is 2.60 bits per heavy atom. The molecule has 1 fully saturated rings. The van der Waals surface area contributed by atoms with Crippen molar-refractivity contribution in [2.75, 3.05) is 26.2 Å². The van der Waals surface area contributed by atoms with Gasteiger partial charge in [0.05, 0.1) is 6.61 Å². The van der Waals surface area contributed by atoms with E-state index in [1.807, 2.05) is 18.2 Å². The van der Waals surface area contributed by atoms with Gasteiger partial charge in [-0.3, -0.25) is 0 Å². The first-order chi connectivity index (χ1) is 14.7. The lowest BCUT2D eigenvalue weighted by molar-refractivity contribution is 0.108. The summed E-state index contributed by atoms with van der Waals surface area (Å²) in [5.74, 6) is 1.29. The summed E-state index contributed by atoms with van der Waals surface area (Å²) in [4.78, 5) is 2.54. The molecule has 2 nitrogen and oxygen atoms in total. The Balaban J connectivity index is 1.49. The number of fused-ring (bicyclic) bond motifs is 1. The van der Waals surface area contributed by atoms with Crippen molar-refractivity contribution in [3.63, 3.8) is 0 Å². The Bertz CT molecular complexity index is 956. The van der Waals surface area contributed by atoms with Gasteiger partial charge in [-0.05, 0) is 66.4 Å². The van der Waals surface area contributed by atoms with Crippen LogP contribution in [0, 0.1) is 11.7 Å². The van der Waals surface area contributed by atoms with Crippen molar-refractivity contribution in [2.24, 2.45) is 5.92 Å². The highest BCUT2D eigenvalue weighted by Crippen LogP contribution is 2.35. The standard InChI is InChI=1S/C27H32FNO/c1-2-3-8-16-29-17-15-25(26-11-6-7-12-27(26)28)23(19-29)20-30-24-14-13-21-9-4-5-10-22(21)18-24/h4-7,9-14,18,23,25H,2-3,8,15-17,19-20H2,1H3. The minimum Gasteiger partial charge on any atom is -0.493 e. The second-order valence-electron chi connectivity index (χ2n) is 8.50. The molecule has 0 amide bonds. The lowest BCUT2D eigenvalue weighted by Gasteiger charge is -2.39. The fraction of sp³-hybridized carbons (Fsp3) is 0.407. The van der Waals surface area contributed by atoms with Crippen molar-refractivity contribution in [1.82, 2.24) is 4.90 Å². The van der Waals surface area contributed by atoms with Crippen molar-refractivity contribution in [1.29, 1.82) is 0 Å². The molecule has 4 rings (SSSR count). The Kier molecular flexibility index (Phi) is 7.01. The van der Waals surface area contributed by atoms with Crippen molar-refractivity contribution < 1.29 is 9.13 Å². The molecule has 2 unspecified atom stereocenters. The molecule has 1 heterocycles. The first-order valence-corrected chi connectivity index (χ1v) is 11.3. The second kappa shape index (κ2) is 10.1. The van der Waals surface area contributed by atoms with Gasteiger partial charge in [0.15, 0.2) is 0 Å². The molecule has 2 atom stereocenters. The number of nitrogens with zero attached hydrogens (tertiary/aromatic N) is 1. The van der Waals surface area contributed by atoms with E-state index < -0.39 is 0 Å². The Labute approximate surface area is 179 Å². The molecule has 0 aliphatic carbocycles. The Morgan fingerprint density at radius 1 is 0.967 bits per heavy atom. The topological polar surface area (TPSA) is 12.5 Å². The fourth-order valence-electron chi connectivity index (χ4n) is 4.71. The number of rotatable bonds is 8. The SMILES string of the molecule is CCCCCN1CCC(c2ccccc2F)C(COc2ccc3ccccc3c2)C1. The minimum absolute atomic E-state index is 0.0855. The van der Waals surface area contributed by atoms with Crippen LogP contribution in [-0.2, 0) is 0 Å². The summed E-state index contributed by atoms with van der Waals surface area (Å²) in [6.07, 6.45) is 4.73. The third-order valence-electron chi connectivity index (χ3n) is 6.39. The zero-order valence-corrected chi connectivity index (χ0v) is 17.9. The van der Waals surface area contributed by atoms with E-state index in [-0.39, 0.29) is 17.7 Å². The van der Waals surface area contributed by atoms with Crippen LogP contribution in [0.1, 0.15) is 44.1 Å². The molecular weight excluding hydrogens is 373 g/mol. The van der Waals surface area contributed by atoms with Gasteiger partial charge in [0.1, 0.15) is 11.6 Å². The van der Waals surface area contributed by atoms with Crippen LogP contribution in [0.15, 0.2) is 66.7 Å². The predicted molar refractivity (Wildman–Crippen MR) is 123 cm³/mol. The molecule has 0 spiro atoms. The first-order valence-electron chi connectivity index (χ1n) is 11.3. The molecule has 3 heteroatoms. The summed E-state index contributed by atoms with van der Waals surface area (Å²) in [5.41, 5.74) is 0.845. The largest absolute Gasteiger partial charge is 0.493 e. The molecule has 3 aromatic rings. The van der Waals surface area contributed by atoms with Crippen molar-refractivity contribution in [3.8, 4) is 5.75 Å². The average Bonchev–Trinajstić information content (AvgIpc) is 2.78. The molecule has 1 aliphatic heterocycles. The summed E-state index contributed by atoms with van der Waals surface area (Å²) in [6, 6.07) is 21.9. The molecular formula is C27H32FNO. The van der Waals surface area contributed by atoms with Crippen LogP contribution >= 0.6 is 0 Å². The van der Waals surface area contributed by atoms with Crippen LogP contribution in [-0.4, -0.2) is 31.1 Å². The smallest absolute Gasteiger partial charge is 0.126 e. The number of hydrogen-bond acceptors (Lipinski definition) is 2. The number of piperidine rings is 1. The molecule has 0 N–H and O–H groups in total. The zero-order valence-electron chi connectivity index (χ0n) is 17.9. The summed E-state index contributed by atoms with van der Waals surface area (Å²) >= 11 is 0. The van der Waals surface area contributed by atoms with Crippen LogP contribution in [0.2, 0.25) is 0 Å². The molecule has 1 aliphatic rings. The number of ether oxygens (including phenoxy) is 1. The molecule has 0 aromatic heterocycles. The number of likely N-dealkylation sites (tertiary alicyclic amines) is 1. The summed E-state index contributed by atoms with van der Waals surface area (Å²) < 4.78 is 20.8. The Hall–Kier alpha value is -2.39. The van der Waals surface area contributed by atoms with Gasteiger partial charge in [-0.2, -0.15) is 0 Å². The maximum Gasteiger partial charge on any atom is 0.126 e. The number of unbranched alkanes of at least 4 members (excludes halogenated alkanes) is 2. The van der Waals surface area contributed by atoms with Gasteiger partial charge in [-0.15, -0.1) is 0 Å². The van der Waals surface area contributed by atoms with Crippen molar-refractivity contribution in [3.05, 3.63) is 78.1 Å². The molecule has 1 saturated heterocycles. The van der Waals surface area contributed by atoms with Crippen molar-refractivity contribution >= 4 is 10.8 Å². The van der Waals surface area contributed by atoms with Crippen LogP contribution in [0.4, 0.5) is 4.39 Å². The van der Waals surface area contributed by atoms with Gasteiger partial charge in [0, 0.05) is 12.5 Å². The van der Waals surface area contributed by atoms with E-state index in [1.165, 1.54) is 30.0 Å². The van der Waals surface area contributed by atoms with Gasteiger partial charge in [-0.1, -0.05) is 68.3 Å². The van der Waals surface area contributed by atoms with E-state index in [4.69, 9.17) is 4.74 Å². The van der Waals surface area contributed by atoms with Gasteiger partial charge in [-0.25, -0.2) is 4.39 Å². The summed E-state index contributed by atoms with van der Waals surface area (Å²) in [7, 11) is 0. The fourth-order valence-corrected chi connectivity index (χ4v) is 4.71. The third-order valence-corrected chi connectivity index (χ3v) is 6.39. The van der Waals surface area contributed by atoms with Crippen LogP contribution < -0.4 is 4.74 Å². The highest BCUT2D eigenvalue weighted by molar-refractivity contribution is 5.83. The van der Waals surface area contributed by atoms with Crippen LogP contribution in [0.3, 0.4) is 0 Å². The quantitative estimate of drug-likeness (QED) is 0.389. The normalized spacial score (nSPS) is 19.8. The molecule has 30 heavy (non-hydrogen) atoms. The Morgan fingerprint density at radius 2 is 1.77 bits per heavy atom. The molecule has 0 saturated carbocycles. The molecule has 0 bridgehead atoms. The lowest BCUT2D eigenvalue weighted by atomic mass is 9.80. The highest BCUT2D eigenvalue weighted by Gasteiger charge is 2.32.